The molecule has 0 fully saturated rings. The van der Waals surface area contributed by atoms with E-state index < -0.39 is 12.6 Å². The van der Waals surface area contributed by atoms with Crippen molar-refractivity contribution in [2.75, 3.05) is 18.0 Å². The highest BCUT2D eigenvalue weighted by molar-refractivity contribution is 7.22. The fourth-order valence-electron chi connectivity index (χ4n) is 1.65. The molecule has 1 aromatic heterocycles. The predicted octanol–water partition coefficient (Wildman–Crippen LogP) is 4.08. The molecule has 1 aromatic carbocycles. The fraction of sp³-hybridized carbons (Fsp3) is 0.417. The van der Waals surface area contributed by atoms with Crippen molar-refractivity contribution in [1.29, 1.82) is 0 Å². The Morgan fingerprint density at radius 3 is 2.61 bits per heavy atom. The van der Waals surface area contributed by atoms with Gasteiger partial charge in [0, 0.05) is 13.1 Å². The van der Waals surface area contributed by atoms with Crippen molar-refractivity contribution in [2.45, 2.75) is 19.5 Å². The largest absolute Gasteiger partial charge is 0.390 e. The molecule has 2 rings (SSSR count). The summed E-state index contributed by atoms with van der Waals surface area (Å²) >= 11 is 1.43. The van der Waals surface area contributed by atoms with E-state index in [9.17, 15) is 13.2 Å². The maximum Gasteiger partial charge on any atom is 0.390 e. The second-order valence-corrected chi connectivity index (χ2v) is 4.92. The van der Waals surface area contributed by atoms with E-state index in [0.717, 1.165) is 10.2 Å². The molecule has 0 radical (unpaired) electrons. The van der Waals surface area contributed by atoms with Crippen molar-refractivity contribution in [1.82, 2.24) is 4.98 Å². The molecule has 0 saturated carbocycles. The lowest BCUT2D eigenvalue weighted by molar-refractivity contribution is -0.132. The monoisotopic (exact) mass is 274 g/mol. The molecule has 0 spiro atoms. The number of hydrogen-bond acceptors (Lipinski definition) is 3. The molecule has 0 unspecified atom stereocenters. The van der Waals surface area contributed by atoms with Gasteiger partial charge in [0.05, 0.1) is 16.6 Å². The second-order valence-electron chi connectivity index (χ2n) is 3.91. The van der Waals surface area contributed by atoms with Gasteiger partial charge in [-0.3, -0.25) is 0 Å². The SMILES string of the molecule is CCN(CCC(F)(F)F)c1nc2ccccc2s1. The number of nitrogens with zero attached hydrogens (tertiary/aromatic N) is 2. The van der Waals surface area contributed by atoms with Crippen LogP contribution in [0.4, 0.5) is 18.3 Å². The second kappa shape index (κ2) is 5.14. The van der Waals surface area contributed by atoms with Gasteiger partial charge in [0.25, 0.3) is 0 Å². The highest BCUT2D eigenvalue weighted by Crippen LogP contribution is 2.29. The lowest BCUT2D eigenvalue weighted by atomic mass is 10.3. The zero-order valence-electron chi connectivity index (χ0n) is 9.87. The average molecular weight is 274 g/mol. The fourth-order valence-corrected chi connectivity index (χ4v) is 2.70. The highest BCUT2D eigenvalue weighted by Gasteiger charge is 2.28. The molecular formula is C12H13F3N2S. The summed E-state index contributed by atoms with van der Waals surface area (Å²) in [7, 11) is 0. The molecule has 0 atom stereocenters. The van der Waals surface area contributed by atoms with Crippen LogP contribution in [-0.4, -0.2) is 24.2 Å². The van der Waals surface area contributed by atoms with Gasteiger partial charge in [0.2, 0.25) is 0 Å². The molecule has 0 aliphatic rings. The van der Waals surface area contributed by atoms with Gasteiger partial charge >= 0.3 is 6.18 Å². The number of fused-ring (bicyclic) bond motifs is 1. The summed E-state index contributed by atoms with van der Waals surface area (Å²) in [5.74, 6) is 0. The van der Waals surface area contributed by atoms with Crippen molar-refractivity contribution in [3.05, 3.63) is 24.3 Å². The Morgan fingerprint density at radius 2 is 2.00 bits per heavy atom. The predicted molar refractivity (Wildman–Crippen MR) is 68.2 cm³/mol. The summed E-state index contributed by atoms with van der Waals surface area (Å²) < 4.78 is 37.7. The lowest BCUT2D eigenvalue weighted by Gasteiger charge is -2.20. The van der Waals surface area contributed by atoms with E-state index in [1.807, 2.05) is 31.2 Å². The quantitative estimate of drug-likeness (QED) is 0.835. The van der Waals surface area contributed by atoms with Crippen molar-refractivity contribution < 1.29 is 13.2 Å². The zero-order valence-corrected chi connectivity index (χ0v) is 10.7. The molecule has 18 heavy (non-hydrogen) atoms. The molecule has 0 saturated heterocycles. The van der Waals surface area contributed by atoms with E-state index in [1.54, 1.807) is 4.90 Å². The molecule has 2 aromatic rings. The van der Waals surface area contributed by atoms with E-state index in [2.05, 4.69) is 4.98 Å². The minimum Gasteiger partial charge on any atom is -0.348 e. The molecule has 0 bridgehead atoms. The molecule has 0 N–H and O–H groups in total. The minimum atomic E-state index is -4.12. The van der Waals surface area contributed by atoms with Gasteiger partial charge in [0.1, 0.15) is 0 Å². The van der Waals surface area contributed by atoms with Crippen LogP contribution in [0, 0.1) is 0 Å². The average Bonchev–Trinajstić information content (AvgIpc) is 2.71. The van der Waals surface area contributed by atoms with Gasteiger partial charge in [0.15, 0.2) is 5.13 Å². The lowest BCUT2D eigenvalue weighted by Crippen LogP contribution is -2.27. The number of rotatable bonds is 4. The van der Waals surface area contributed by atoms with E-state index in [-0.39, 0.29) is 6.54 Å². The summed E-state index contributed by atoms with van der Waals surface area (Å²) in [6.45, 7) is 2.32. The first-order chi connectivity index (χ1) is 8.49. The Bertz CT molecular complexity index is 488. The van der Waals surface area contributed by atoms with Crippen molar-refractivity contribution in [3.63, 3.8) is 0 Å². The molecule has 1 heterocycles. The molecular weight excluding hydrogens is 261 g/mol. The van der Waals surface area contributed by atoms with Crippen LogP contribution < -0.4 is 4.90 Å². The van der Waals surface area contributed by atoms with Crippen LogP contribution in [0.5, 0.6) is 0 Å². The van der Waals surface area contributed by atoms with Crippen molar-refractivity contribution in [2.24, 2.45) is 0 Å². The summed E-state index contributed by atoms with van der Waals surface area (Å²) in [4.78, 5) is 6.03. The Kier molecular flexibility index (Phi) is 3.75. The van der Waals surface area contributed by atoms with Gasteiger partial charge < -0.3 is 4.90 Å². The van der Waals surface area contributed by atoms with Crippen LogP contribution in [0.15, 0.2) is 24.3 Å². The van der Waals surface area contributed by atoms with E-state index in [1.165, 1.54) is 11.3 Å². The Morgan fingerprint density at radius 1 is 1.28 bits per heavy atom. The van der Waals surface area contributed by atoms with Crippen LogP contribution in [-0.2, 0) is 0 Å². The van der Waals surface area contributed by atoms with Crippen LogP contribution in [0.2, 0.25) is 0 Å². The third-order valence-corrected chi connectivity index (χ3v) is 3.70. The molecule has 2 nitrogen and oxygen atoms in total. The molecule has 0 amide bonds. The number of para-hydroxylation sites is 1. The first-order valence-electron chi connectivity index (χ1n) is 5.67. The number of halogens is 3. The van der Waals surface area contributed by atoms with Gasteiger partial charge in [-0.2, -0.15) is 13.2 Å². The Labute approximate surface area is 107 Å². The van der Waals surface area contributed by atoms with Crippen LogP contribution >= 0.6 is 11.3 Å². The smallest absolute Gasteiger partial charge is 0.348 e. The molecule has 6 heteroatoms. The van der Waals surface area contributed by atoms with Crippen molar-refractivity contribution in [3.8, 4) is 0 Å². The summed E-state index contributed by atoms with van der Waals surface area (Å²) in [6, 6.07) is 7.56. The first kappa shape index (κ1) is 13.1. The summed E-state index contributed by atoms with van der Waals surface area (Å²) in [6.07, 6.45) is -4.93. The van der Waals surface area contributed by atoms with Crippen LogP contribution in [0.25, 0.3) is 10.2 Å². The maximum absolute atomic E-state index is 12.2. The van der Waals surface area contributed by atoms with Gasteiger partial charge in [-0.25, -0.2) is 4.98 Å². The zero-order chi connectivity index (χ0) is 13.2. The Balaban J connectivity index is 2.16. The van der Waals surface area contributed by atoms with Crippen molar-refractivity contribution >= 4 is 26.7 Å². The van der Waals surface area contributed by atoms with Crippen LogP contribution in [0.3, 0.4) is 0 Å². The minimum absolute atomic E-state index is 0.0418. The number of thiazole rings is 1. The standard InChI is InChI=1S/C12H13F3N2S/c1-2-17(8-7-12(13,14)15)11-16-9-5-3-4-6-10(9)18-11/h3-6H,2,7-8H2,1H3. The maximum atomic E-state index is 12.2. The normalized spacial score (nSPS) is 12.0. The number of anilines is 1. The topological polar surface area (TPSA) is 16.1 Å². The first-order valence-corrected chi connectivity index (χ1v) is 6.48. The van der Waals surface area contributed by atoms with Gasteiger partial charge in [-0.05, 0) is 19.1 Å². The molecule has 0 aliphatic carbocycles. The Hall–Kier alpha value is -1.30. The van der Waals surface area contributed by atoms with E-state index in [4.69, 9.17) is 0 Å². The molecule has 0 aliphatic heterocycles. The number of aromatic nitrogens is 1. The number of alkyl halides is 3. The number of hydrogen-bond donors (Lipinski definition) is 0. The third-order valence-electron chi connectivity index (χ3n) is 2.60. The number of benzene rings is 1. The van der Waals surface area contributed by atoms with E-state index >= 15 is 0 Å². The van der Waals surface area contributed by atoms with Crippen LogP contribution in [0.1, 0.15) is 13.3 Å². The molecule has 98 valence electrons. The third kappa shape index (κ3) is 3.13. The summed E-state index contributed by atoms with van der Waals surface area (Å²) in [5, 5.41) is 0.656. The summed E-state index contributed by atoms with van der Waals surface area (Å²) in [5.41, 5.74) is 0.836. The van der Waals surface area contributed by atoms with Gasteiger partial charge in [-0.1, -0.05) is 23.5 Å². The van der Waals surface area contributed by atoms with E-state index in [0.29, 0.717) is 11.7 Å². The highest BCUT2D eigenvalue weighted by atomic mass is 32.1. The van der Waals surface area contributed by atoms with Gasteiger partial charge in [-0.15, -0.1) is 0 Å².